The Morgan fingerprint density at radius 2 is 1.86 bits per heavy atom. The van der Waals surface area contributed by atoms with E-state index in [0.29, 0.717) is 0 Å². The average molecular weight is 296 g/mol. The minimum atomic E-state index is -1.37. The number of esters is 1. The molecule has 1 aliphatic heterocycles. The Kier molecular flexibility index (Phi) is 3.77. The topological polar surface area (TPSA) is 69.7 Å². The molecular formula is C16H24O5. The molecule has 2 aliphatic rings. The van der Waals surface area contributed by atoms with Crippen LogP contribution in [0.3, 0.4) is 0 Å². The Bertz CT molecular complexity index is 491. The third-order valence-corrected chi connectivity index (χ3v) is 4.69. The zero-order valence-electron chi connectivity index (χ0n) is 13.4. The van der Waals surface area contributed by atoms with E-state index in [-0.39, 0.29) is 37.4 Å². The summed E-state index contributed by atoms with van der Waals surface area (Å²) in [6, 6.07) is 0. The highest BCUT2D eigenvalue weighted by atomic mass is 16.5. The molecule has 1 aliphatic carbocycles. The predicted octanol–water partition coefficient (Wildman–Crippen LogP) is 2.06. The van der Waals surface area contributed by atoms with Crippen molar-refractivity contribution in [1.82, 2.24) is 0 Å². The summed E-state index contributed by atoms with van der Waals surface area (Å²) in [7, 11) is 0. The van der Waals surface area contributed by atoms with Gasteiger partial charge < -0.3 is 9.47 Å². The molecule has 21 heavy (non-hydrogen) atoms. The van der Waals surface area contributed by atoms with Crippen molar-refractivity contribution < 1.29 is 23.9 Å². The third kappa shape index (κ3) is 2.31. The molecule has 0 amide bonds. The summed E-state index contributed by atoms with van der Waals surface area (Å²) < 4.78 is 11.2. The number of ketones is 2. The molecular weight excluding hydrogens is 272 g/mol. The molecule has 1 saturated carbocycles. The minimum absolute atomic E-state index is 0.0235. The highest BCUT2D eigenvalue weighted by Gasteiger charge is 2.68. The number of hydrogen-bond donors (Lipinski definition) is 0. The van der Waals surface area contributed by atoms with Gasteiger partial charge in [0.1, 0.15) is 5.78 Å². The van der Waals surface area contributed by atoms with Gasteiger partial charge in [0, 0.05) is 19.3 Å². The maximum atomic E-state index is 12.9. The molecule has 5 heteroatoms. The molecule has 0 bridgehead atoms. The lowest BCUT2D eigenvalue weighted by molar-refractivity contribution is -0.222. The highest BCUT2D eigenvalue weighted by Crippen LogP contribution is 2.56. The van der Waals surface area contributed by atoms with Crippen molar-refractivity contribution in [2.75, 3.05) is 6.61 Å². The van der Waals surface area contributed by atoms with E-state index >= 15 is 0 Å². The lowest BCUT2D eigenvalue weighted by Crippen LogP contribution is -2.67. The van der Waals surface area contributed by atoms with E-state index in [1.54, 1.807) is 20.8 Å². The van der Waals surface area contributed by atoms with E-state index < -0.39 is 28.5 Å². The fourth-order valence-corrected chi connectivity index (χ4v) is 3.91. The monoisotopic (exact) mass is 296 g/mol. The van der Waals surface area contributed by atoms with Gasteiger partial charge in [-0.25, -0.2) is 0 Å². The Balaban J connectivity index is 2.57. The smallest absolute Gasteiger partial charge is 0.322 e. The van der Waals surface area contributed by atoms with Gasteiger partial charge in [0.05, 0.1) is 18.3 Å². The van der Waals surface area contributed by atoms with Gasteiger partial charge in [0.15, 0.2) is 11.2 Å². The molecule has 0 aromatic carbocycles. The fraction of sp³-hybridized carbons (Fsp3) is 0.812. The van der Waals surface area contributed by atoms with Crippen LogP contribution < -0.4 is 0 Å². The summed E-state index contributed by atoms with van der Waals surface area (Å²) in [5, 5.41) is 0. The van der Waals surface area contributed by atoms with Crippen LogP contribution in [0, 0.1) is 10.8 Å². The van der Waals surface area contributed by atoms with Gasteiger partial charge in [-0.15, -0.1) is 0 Å². The SMILES string of the molecule is CCOC(=O)[C@@]12C(=O)CC(C)(C)OC1CC(=O)CC2(C)C. The molecule has 0 spiro atoms. The van der Waals surface area contributed by atoms with Crippen molar-refractivity contribution >= 4 is 17.5 Å². The van der Waals surface area contributed by atoms with Crippen LogP contribution >= 0.6 is 0 Å². The van der Waals surface area contributed by atoms with Crippen molar-refractivity contribution in [2.24, 2.45) is 10.8 Å². The number of rotatable bonds is 2. The molecule has 2 fully saturated rings. The molecule has 118 valence electrons. The minimum Gasteiger partial charge on any atom is -0.465 e. The molecule has 0 aromatic heterocycles. The second-order valence-electron chi connectivity index (χ2n) is 7.30. The first kappa shape index (κ1) is 16.1. The first-order chi connectivity index (χ1) is 9.57. The van der Waals surface area contributed by atoms with E-state index in [2.05, 4.69) is 0 Å². The fourth-order valence-electron chi connectivity index (χ4n) is 3.91. The first-order valence-electron chi connectivity index (χ1n) is 7.47. The van der Waals surface area contributed by atoms with Gasteiger partial charge in [-0.3, -0.25) is 14.4 Å². The van der Waals surface area contributed by atoms with Crippen molar-refractivity contribution in [3.63, 3.8) is 0 Å². The van der Waals surface area contributed by atoms with E-state index in [0.717, 1.165) is 0 Å². The van der Waals surface area contributed by atoms with Crippen molar-refractivity contribution in [3.05, 3.63) is 0 Å². The molecule has 1 unspecified atom stereocenters. The van der Waals surface area contributed by atoms with Gasteiger partial charge in [-0.2, -0.15) is 0 Å². The van der Waals surface area contributed by atoms with Crippen LogP contribution in [0.15, 0.2) is 0 Å². The van der Waals surface area contributed by atoms with Gasteiger partial charge in [-0.1, -0.05) is 13.8 Å². The number of ether oxygens (including phenoxy) is 2. The van der Waals surface area contributed by atoms with E-state index in [4.69, 9.17) is 9.47 Å². The lowest BCUT2D eigenvalue weighted by Gasteiger charge is -2.55. The normalized spacial score (nSPS) is 34.2. The number of fused-ring (bicyclic) bond motifs is 1. The third-order valence-electron chi connectivity index (χ3n) is 4.69. The molecule has 0 aromatic rings. The number of hydrogen-bond acceptors (Lipinski definition) is 5. The summed E-state index contributed by atoms with van der Waals surface area (Å²) in [4.78, 5) is 37.6. The summed E-state index contributed by atoms with van der Waals surface area (Å²) >= 11 is 0. The summed E-state index contributed by atoms with van der Waals surface area (Å²) in [5.41, 5.74) is -2.83. The maximum Gasteiger partial charge on any atom is 0.322 e. The number of Topliss-reactive ketones (excluding diaryl/α,β-unsaturated/α-hetero) is 2. The summed E-state index contributed by atoms with van der Waals surface area (Å²) in [6.07, 6.45) is -0.293. The molecule has 1 heterocycles. The van der Waals surface area contributed by atoms with Crippen molar-refractivity contribution in [3.8, 4) is 0 Å². The molecule has 0 N–H and O–H groups in total. The average Bonchev–Trinajstić information content (AvgIpc) is 2.24. The van der Waals surface area contributed by atoms with Crippen LogP contribution in [0.25, 0.3) is 0 Å². The molecule has 1 saturated heterocycles. The van der Waals surface area contributed by atoms with Crippen molar-refractivity contribution in [2.45, 2.75) is 65.6 Å². The van der Waals surface area contributed by atoms with Gasteiger partial charge >= 0.3 is 5.97 Å². The van der Waals surface area contributed by atoms with Crippen molar-refractivity contribution in [1.29, 1.82) is 0 Å². The Morgan fingerprint density at radius 3 is 2.43 bits per heavy atom. The van der Waals surface area contributed by atoms with Gasteiger partial charge in [0.25, 0.3) is 0 Å². The largest absolute Gasteiger partial charge is 0.465 e. The van der Waals surface area contributed by atoms with Crippen LogP contribution in [0.1, 0.15) is 53.9 Å². The molecule has 2 atom stereocenters. The number of carbonyl (C=O) groups excluding carboxylic acids is 3. The van der Waals surface area contributed by atoms with Gasteiger partial charge in [0.2, 0.25) is 0 Å². The standard InChI is InChI=1S/C16H24O5/c1-6-20-13(19)16-11(18)9-15(4,5)21-12(16)7-10(17)8-14(16,2)3/h12H,6-9H2,1-5H3/t12?,16-/m1/s1. The van der Waals surface area contributed by atoms with E-state index in [1.807, 2.05) is 13.8 Å². The number of carbonyl (C=O) groups is 3. The zero-order chi connectivity index (χ0) is 16.1. The second-order valence-corrected chi connectivity index (χ2v) is 7.30. The van der Waals surface area contributed by atoms with Crippen LogP contribution in [-0.4, -0.2) is 35.8 Å². The first-order valence-corrected chi connectivity index (χ1v) is 7.47. The van der Waals surface area contributed by atoms with E-state index in [9.17, 15) is 14.4 Å². The Morgan fingerprint density at radius 1 is 1.24 bits per heavy atom. The summed E-state index contributed by atoms with van der Waals surface area (Å²) in [5.74, 6) is -0.692. The Hall–Kier alpha value is -1.23. The second kappa shape index (κ2) is 4.90. The maximum absolute atomic E-state index is 12.9. The molecule has 5 nitrogen and oxygen atoms in total. The van der Waals surface area contributed by atoms with E-state index in [1.165, 1.54) is 0 Å². The van der Waals surface area contributed by atoms with Gasteiger partial charge in [-0.05, 0) is 26.2 Å². The molecule has 0 radical (unpaired) electrons. The van der Waals surface area contributed by atoms with Crippen LogP contribution in [0.2, 0.25) is 0 Å². The zero-order valence-corrected chi connectivity index (χ0v) is 13.4. The van der Waals surface area contributed by atoms with Crippen LogP contribution in [0.4, 0.5) is 0 Å². The molecule has 2 rings (SSSR count). The quantitative estimate of drug-likeness (QED) is 0.576. The lowest BCUT2D eigenvalue weighted by atomic mass is 9.52. The highest BCUT2D eigenvalue weighted by molar-refractivity contribution is 6.08. The predicted molar refractivity (Wildman–Crippen MR) is 75.7 cm³/mol. The Labute approximate surface area is 125 Å². The van der Waals surface area contributed by atoms with Crippen LogP contribution in [-0.2, 0) is 23.9 Å². The summed E-state index contributed by atoms with van der Waals surface area (Å²) in [6.45, 7) is 9.11. The van der Waals surface area contributed by atoms with Crippen LogP contribution in [0.5, 0.6) is 0 Å².